The van der Waals surface area contributed by atoms with Crippen molar-refractivity contribution in [3.8, 4) is 0 Å². The van der Waals surface area contributed by atoms with Crippen molar-refractivity contribution in [3.05, 3.63) is 65.5 Å². The van der Waals surface area contributed by atoms with E-state index in [9.17, 15) is 14.3 Å². The Morgan fingerprint density at radius 2 is 1.88 bits per heavy atom. The summed E-state index contributed by atoms with van der Waals surface area (Å²) in [5.41, 5.74) is 1.34. The first-order valence-corrected chi connectivity index (χ1v) is 8.39. The van der Waals surface area contributed by atoms with Gasteiger partial charge in [0.1, 0.15) is 5.82 Å². The summed E-state index contributed by atoms with van der Waals surface area (Å²) in [5.74, 6) is -0.540. The number of aliphatic hydroxyl groups excluding tert-OH is 1. The molecule has 4 nitrogen and oxygen atoms in total. The van der Waals surface area contributed by atoms with Crippen LogP contribution in [0, 0.1) is 5.82 Å². The third-order valence-corrected chi connectivity index (χ3v) is 4.84. The van der Waals surface area contributed by atoms with Crippen molar-refractivity contribution in [2.75, 3.05) is 18.5 Å². The molecule has 0 aliphatic carbocycles. The zero-order valence-corrected chi connectivity index (χ0v) is 14.7. The quantitative estimate of drug-likeness (QED) is 0.878. The molecule has 0 saturated carbocycles. The van der Waals surface area contributed by atoms with Crippen LogP contribution in [-0.2, 0) is 10.2 Å². The van der Waals surface area contributed by atoms with Crippen LogP contribution in [-0.4, -0.2) is 30.7 Å². The van der Waals surface area contributed by atoms with Gasteiger partial charge in [0, 0.05) is 6.54 Å². The fourth-order valence-electron chi connectivity index (χ4n) is 3.55. The molecule has 0 bridgehead atoms. The fourth-order valence-corrected chi connectivity index (χ4v) is 3.55. The number of fused-ring (bicyclic) bond motifs is 1. The second-order valence-corrected chi connectivity index (χ2v) is 6.94. The number of nitrogens with one attached hydrogen (secondary N) is 1. The number of benzene rings is 2. The number of aliphatic hydroxyl groups is 1. The molecular weight excluding hydrogens is 319 g/mol. The van der Waals surface area contributed by atoms with Crippen molar-refractivity contribution < 1.29 is 14.3 Å². The molecular formula is C20H23FN2O2. The lowest BCUT2D eigenvalue weighted by molar-refractivity contribution is -0.123. The summed E-state index contributed by atoms with van der Waals surface area (Å²) in [7, 11) is 1.74. The van der Waals surface area contributed by atoms with E-state index in [1.54, 1.807) is 18.0 Å². The summed E-state index contributed by atoms with van der Waals surface area (Å²) in [6.07, 6.45) is -0.832. The first-order chi connectivity index (χ1) is 11.9. The Kier molecular flexibility index (Phi) is 4.62. The molecule has 1 aliphatic rings. The molecule has 2 N–H and O–H groups in total. The molecule has 3 rings (SSSR count). The van der Waals surface area contributed by atoms with E-state index < -0.39 is 23.4 Å². The van der Waals surface area contributed by atoms with Gasteiger partial charge in [-0.05, 0) is 44.2 Å². The lowest BCUT2D eigenvalue weighted by atomic mass is 9.86. The highest BCUT2D eigenvalue weighted by atomic mass is 19.1. The highest BCUT2D eigenvalue weighted by Crippen LogP contribution is 2.46. The Morgan fingerprint density at radius 1 is 1.20 bits per heavy atom. The zero-order valence-electron chi connectivity index (χ0n) is 14.7. The predicted octanol–water partition coefficient (Wildman–Crippen LogP) is 2.77. The van der Waals surface area contributed by atoms with Gasteiger partial charge in [-0.15, -0.1) is 0 Å². The Hall–Kier alpha value is -2.24. The van der Waals surface area contributed by atoms with E-state index in [2.05, 4.69) is 5.32 Å². The lowest BCUT2D eigenvalue weighted by Crippen LogP contribution is -2.45. The van der Waals surface area contributed by atoms with E-state index in [0.29, 0.717) is 12.2 Å². The standard InChI is InChI=1S/C20H23FN2O2/c1-20(2)15-10-9-14(21)11-16(15)23(19(20)25)18(17(24)12-22-3)13-7-5-4-6-8-13/h4-11,17-18,22,24H,12H2,1-3H3. The van der Waals surface area contributed by atoms with Gasteiger partial charge < -0.3 is 15.3 Å². The Bertz CT molecular complexity index is 777. The molecule has 0 aromatic heterocycles. The van der Waals surface area contributed by atoms with Crippen LogP contribution in [0.2, 0.25) is 0 Å². The second kappa shape index (κ2) is 6.58. The van der Waals surface area contributed by atoms with Crippen molar-refractivity contribution in [3.63, 3.8) is 0 Å². The SMILES string of the molecule is CNCC(O)C(c1ccccc1)N1C(=O)C(C)(C)c2ccc(F)cc21. The number of likely N-dealkylation sites (N-methyl/N-ethyl adjacent to an activating group) is 1. The molecule has 2 unspecified atom stereocenters. The molecule has 0 spiro atoms. The number of hydrogen-bond acceptors (Lipinski definition) is 3. The summed E-state index contributed by atoms with van der Waals surface area (Å²) < 4.78 is 13.9. The largest absolute Gasteiger partial charge is 0.389 e. The number of anilines is 1. The molecule has 2 aromatic carbocycles. The number of nitrogens with zero attached hydrogens (tertiary/aromatic N) is 1. The van der Waals surface area contributed by atoms with Crippen molar-refractivity contribution in [2.45, 2.75) is 31.4 Å². The van der Waals surface area contributed by atoms with Crippen LogP contribution in [0.1, 0.15) is 31.0 Å². The molecule has 1 amide bonds. The number of hydrogen-bond donors (Lipinski definition) is 2. The molecule has 0 fully saturated rings. The number of amides is 1. The third-order valence-electron chi connectivity index (χ3n) is 4.84. The molecule has 132 valence electrons. The Balaban J connectivity index is 2.16. The van der Waals surface area contributed by atoms with E-state index in [0.717, 1.165) is 11.1 Å². The number of carbonyl (C=O) groups is 1. The molecule has 0 saturated heterocycles. The van der Waals surface area contributed by atoms with E-state index in [4.69, 9.17) is 0 Å². The van der Waals surface area contributed by atoms with E-state index in [1.807, 2.05) is 44.2 Å². The zero-order chi connectivity index (χ0) is 18.2. The van der Waals surface area contributed by atoms with Crippen LogP contribution in [0.4, 0.5) is 10.1 Å². The van der Waals surface area contributed by atoms with Gasteiger partial charge in [0.25, 0.3) is 0 Å². The Labute approximate surface area is 147 Å². The first-order valence-electron chi connectivity index (χ1n) is 8.39. The molecule has 1 heterocycles. The van der Waals surface area contributed by atoms with Gasteiger partial charge in [0.2, 0.25) is 5.91 Å². The molecule has 2 atom stereocenters. The molecule has 0 radical (unpaired) electrons. The summed E-state index contributed by atoms with van der Waals surface area (Å²) in [4.78, 5) is 14.7. The third kappa shape index (κ3) is 2.94. The van der Waals surface area contributed by atoms with Gasteiger partial charge in [-0.3, -0.25) is 4.79 Å². The summed E-state index contributed by atoms with van der Waals surface area (Å²) in [6.45, 7) is 3.98. The summed E-state index contributed by atoms with van der Waals surface area (Å²) >= 11 is 0. The van der Waals surface area contributed by atoms with Gasteiger partial charge in [-0.25, -0.2) is 4.39 Å². The number of rotatable bonds is 5. The minimum absolute atomic E-state index is 0.142. The average molecular weight is 342 g/mol. The number of halogens is 1. The monoisotopic (exact) mass is 342 g/mol. The van der Waals surface area contributed by atoms with Crippen LogP contribution >= 0.6 is 0 Å². The van der Waals surface area contributed by atoms with Gasteiger partial charge in [0.15, 0.2) is 0 Å². The van der Waals surface area contributed by atoms with Gasteiger partial charge >= 0.3 is 0 Å². The molecule has 5 heteroatoms. The highest BCUT2D eigenvalue weighted by molar-refractivity contribution is 6.08. The van der Waals surface area contributed by atoms with Crippen molar-refractivity contribution in [1.82, 2.24) is 5.32 Å². The molecule has 2 aromatic rings. The topological polar surface area (TPSA) is 52.6 Å². The summed E-state index contributed by atoms with van der Waals surface area (Å²) in [5, 5.41) is 13.7. The first kappa shape index (κ1) is 17.6. The number of carbonyl (C=O) groups excluding carboxylic acids is 1. The minimum Gasteiger partial charge on any atom is -0.389 e. The maximum atomic E-state index is 13.9. The lowest BCUT2D eigenvalue weighted by Gasteiger charge is -2.33. The van der Waals surface area contributed by atoms with E-state index in [1.165, 1.54) is 12.1 Å². The van der Waals surface area contributed by atoms with Gasteiger partial charge in [-0.1, -0.05) is 36.4 Å². The maximum absolute atomic E-state index is 13.9. The Morgan fingerprint density at radius 3 is 2.52 bits per heavy atom. The van der Waals surface area contributed by atoms with Crippen LogP contribution in [0.5, 0.6) is 0 Å². The van der Waals surface area contributed by atoms with Crippen molar-refractivity contribution >= 4 is 11.6 Å². The minimum atomic E-state index is -0.832. The predicted molar refractivity (Wildman–Crippen MR) is 96.0 cm³/mol. The highest BCUT2D eigenvalue weighted by Gasteiger charge is 2.48. The van der Waals surface area contributed by atoms with Gasteiger partial charge in [-0.2, -0.15) is 0 Å². The van der Waals surface area contributed by atoms with Crippen molar-refractivity contribution in [2.24, 2.45) is 0 Å². The smallest absolute Gasteiger partial charge is 0.237 e. The summed E-state index contributed by atoms with van der Waals surface area (Å²) in [6, 6.07) is 13.2. The van der Waals surface area contributed by atoms with Crippen LogP contribution in [0.3, 0.4) is 0 Å². The van der Waals surface area contributed by atoms with E-state index in [-0.39, 0.29) is 5.91 Å². The van der Waals surface area contributed by atoms with Crippen molar-refractivity contribution in [1.29, 1.82) is 0 Å². The van der Waals surface area contributed by atoms with Gasteiger partial charge in [0.05, 0.1) is 23.2 Å². The normalized spacial score (nSPS) is 18.1. The molecule has 25 heavy (non-hydrogen) atoms. The molecule has 1 aliphatic heterocycles. The average Bonchev–Trinajstić information content (AvgIpc) is 2.77. The maximum Gasteiger partial charge on any atom is 0.237 e. The van der Waals surface area contributed by atoms with Crippen LogP contribution in [0.25, 0.3) is 0 Å². The van der Waals surface area contributed by atoms with E-state index >= 15 is 0 Å². The van der Waals surface area contributed by atoms with Crippen LogP contribution < -0.4 is 10.2 Å². The second-order valence-electron chi connectivity index (χ2n) is 6.94. The van der Waals surface area contributed by atoms with Crippen LogP contribution in [0.15, 0.2) is 48.5 Å². The fraction of sp³-hybridized carbons (Fsp3) is 0.350.